The van der Waals surface area contributed by atoms with Crippen molar-refractivity contribution in [2.75, 3.05) is 12.3 Å². The molecule has 0 unspecified atom stereocenters. The lowest BCUT2D eigenvalue weighted by atomic mass is 10.1. The smallest absolute Gasteiger partial charge is 0.141 e. The maximum absolute atomic E-state index is 5.43. The third-order valence-electron chi connectivity index (χ3n) is 1.93. The summed E-state index contributed by atoms with van der Waals surface area (Å²) in [5.74, 6) is 1.20. The number of nitrogens with two attached hydrogens (primary N) is 1. The largest absolute Gasteiger partial charge is 0.382 e. The van der Waals surface area contributed by atoms with Gasteiger partial charge >= 0.3 is 0 Å². The van der Waals surface area contributed by atoms with Crippen LogP contribution in [0.3, 0.4) is 0 Å². The standard InChI is InChI=1S/C10H18N4/c1-8(2)3-4-12-5-9-6-14-10(11)7-13-9/h6-8,12H,3-5H2,1-2H3,(H2,11,14). The van der Waals surface area contributed by atoms with Crippen LogP contribution >= 0.6 is 0 Å². The van der Waals surface area contributed by atoms with Crippen LogP contribution in [0.1, 0.15) is 26.0 Å². The van der Waals surface area contributed by atoms with Gasteiger partial charge in [0.25, 0.3) is 0 Å². The highest BCUT2D eigenvalue weighted by Crippen LogP contribution is 1.98. The minimum atomic E-state index is 0.468. The molecule has 0 atom stereocenters. The number of nitrogens with one attached hydrogen (secondary N) is 1. The number of hydrogen-bond acceptors (Lipinski definition) is 4. The minimum absolute atomic E-state index is 0.468. The lowest BCUT2D eigenvalue weighted by Crippen LogP contribution is -2.17. The first kappa shape index (κ1) is 10.9. The van der Waals surface area contributed by atoms with Gasteiger partial charge in [-0.25, -0.2) is 4.98 Å². The third kappa shape index (κ3) is 4.18. The molecule has 0 amide bonds. The van der Waals surface area contributed by atoms with Gasteiger partial charge in [0.15, 0.2) is 0 Å². The highest BCUT2D eigenvalue weighted by atomic mass is 14.9. The molecule has 0 saturated heterocycles. The Balaban J connectivity index is 2.21. The molecular formula is C10H18N4. The summed E-state index contributed by atoms with van der Waals surface area (Å²) in [6, 6.07) is 0. The Labute approximate surface area is 85.0 Å². The molecule has 0 saturated carbocycles. The van der Waals surface area contributed by atoms with E-state index in [-0.39, 0.29) is 0 Å². The highest BCUT2D eigenvalue weighted by molar-refractivity contribution is 5.22. The molecule has 1 heterocycles. The van der Waals surface area contributed by atoms with Crippen molar-refractivity contribution in [3.8, 4) is 0 Å². The van der Waals surface area contributed by atoms with Gasteiger partial charge in [-0.3, -0.25) is 4.98 Å². The van der Waals surface area contributed by atoms with Gasteiger partial charge in [0.05, 0.1) is 18.1 Å². The van der Waals surface area contributed by atoms with Crippen molar-refractivity contribution in [1.29, 1.82) is 0 Å². The number of rotatable bonds is 5. The SMILES string of the molecule is CC(C)CCNCc1cnc(N)cn1. The van der Waals surface area contributed by atoms with E-state index < -0.39 is 0 Å². The molecule has 0 spiro atoms. The van der Waals surface area contributed by atoms with E-state index in [0.717, 1.165) is 24.7 Å². The van der Waals surface area contributed by atoms with E-state index in [9.17, 15) is 0 Å². The molecule has 0 radical (unpaired) electrons. The lowest BCUT2D eigenvalue weighted by molar-refractivity contribution is 0.534. The van der Waals surface area contributed by atoms with Crippen molar-refractivity contribution in [2.45, 2.75) is 26.8 Å². The summed E-state index contributed by atoms with van der Waals surface area (Å²) in [4.78, 5) is 8.11. The average Bonchev–Trinajstić information content (AvgIpc) is 2.15. The Bertz CT molecular complexity index is 255. The molecule has 1 rings (SSSR count). The molecule has 0 aliphatic carbocycles. The molecule has 14 heavy (non-hydrogen) atoms. The molecule has 3 N–H and O–H groups in total. The zero-order chi connectivity index (χ0) is 10.4. The molecule has 4 heteroatoms. The second kappa shape index (κ2) is 5.54. The molecule has 4 nitrogen and oxygen atoms in total. The van der Waals surface area contributed by atoms with E-state index >= 15 is 0 Å². The van der Waals surface area contributed by atoms with Crippen molar-refractivity contribution in [3.63, 3.8) is 0 Å². The molecule has 78 valence electrons. The third-order valence-corrected chi connectivity index (χ3v) is 1.93. The van der Waals surface area contributed by atoms with Gasteiger partial charge in [-0.05, 0) is 18.9 Å². The van der Waals surface area contributed by atoms with E-state index in [4.69, 9.17) is 5.73 Å². The Kier molecular flexibility index (Phi) is 4.32. The molecular weight excluding hydrogens is 176 g/mol. The molecule has 0 aliphatic heterocycles. The van der Waals surface area contributed by atoms with Gasteiger partial charge < -0.3 is 11.1 Å². The quantitative estimate of drug-likeness (QED) is 0.691. The minimum Gasteiger partial charge on any atom is -0.382 e. The van der Waals surface area contributed by atoms with Crippen molar-refractivity contribution < 1.29 is 0 Å². The van der Waals surface area contributed by atoms with Crippen LogP contribution in [-0.4, -0.2) is 16.5 Å². The number of aromatic nitrogens is 2. The summed E-state index contributed by atoms with van der Waals surface area (Å²) in [5.41, 5.74) is 6.36. The zero-order valence-electron chi connectivity index (χ0n) is 8.83. The molecule has 0 aromatic carbocycles. The summed E-state index contributed by atoms with van der Waals surface area (Å²) in [6.45, 7) is 6.21. The fraction of sp³-hybridized carbons (Fsp3) is 0.600. The molecule has 0 fully saturated rings. The maximum atomic E-state index is 5.43. The maximum Gasteiger partial charge on any atom is 0.141 e. The van der Waals surface area contributed by atoms with E-state index in [1.807, 2.05) is 0 Å². The normalized spacial score (nSPS) is 10.8. The monoisotopic (exact) mass is 194 g/mol. The molecule has 0 aliphatic rings. The number of anilines is 1. The summed E-state index contributed by atoms with van der Waals surface area (Å²) in [6.07, 6.45) is 4.47. The van der Waals surface area contributed by atoms with Crippen LogP contribution < -0.4 is 11.1 Å². The molecule has 1 aromatic heterocycles. The van der Waals surface area contributed by atoms with Gasteiger partial charge in [-0.15, -0.1) is 0 Å². The number of nitrogen functional groups attached to an aromatic ring is 1. The van der Waals surface area contributed by atoms with Crippen LogP contribution in [0.25, 0.3) is 0 Å². The number of nitrogens with zero attached hydrogens (tertiary/aromatic N) is 2. The molecule has 1 aromatic rings. The fourth-order valence-electron chi connectivity index (χ4n) is 1.06. The fourth-order valence-corrected chi connectivity index (χ4v) is 1.06. The first-order valence-electron chi connectivity index (χ1n) is 4.95. The van der Waals surface area contributed by atoms with E-state index in [0.29, 0.717) is 5.82 Å². The topological polar surface area (TPSA) is 63.8 Å². The summed E-state index contributed by atoms with van der Waals surface area (Å²) in [7, 11) is 0. The van der Waals surface area contributed by atoms with E-state index in [1.54, 1.807) is 12.4 Å². The Morgan fingerprint density at radius 1 is 1.36 bits per heavy atom. The second-order valence-corrected chi connectivity index (χ2v) is 3.79. The van der Waals surface area contributed by atoms with Gasteiger partial charge in [-0.2, -0.15) is 0 Å². The average molecular weight is 194 g/mol. The van der Waals surface area contributed by atoms with Crippen LogP contribution in [0.15, 0.2) is 12.4 Å². The lowest BCUT2D eigenvalue weighted by Gasteiger charge is -2.06. The first-order valence-corrected chi connectivity index (χ1v) is 4.95. The summed E-state index contributed by atoms with van der Waals surface area (Å²) >= 11 is 0. The van der Waals surface area contributed by atoms with E-state index in [2.05, 4.69) is 29.1 Å². The predicted octanol–water partition coefficient (Wildman–Crippen LogP) is 1.19. The van der Waals surface area contributed by atoms with Gasteiger partial charge in [0.1, 0.15) is 5.82 Å². The van der Waals surface area contributed by atoms with Crippen molar-refractivity contribution in [3.05, 3.63) is 18.1 Å². The van der Waals surface area contributed by atoms with Crippen LogP contribution in [0.2, 0.25) is 0 Å². The van der Waals surface area contributed by atoms with Crippen molar-refractivity contribution in [2.24, 2.45) is 5.92 Å². The predicted molar refractivity (Wildman–Crippen MR) is 57.6 cm³/mol. The Morgan fingerprint density at radius 3 is 2.71 bits per heavy atom. The van der Waals surface area contributed by atoms with Crippen LogP contribution in [0, 0.1) is 5.92 Å². The van der Waals surface area contributed by atoms with Gasteiger partial charge in [0.2, 0.25) is 0 Å². The van der Waals surface area contributed by atoms with Gasteiger partial charge in [0, 0.05) is 6.54 Å². The summed E-state index contributed by atoms with van der Waals surface area (Å²) < 4.78 is 0. The zero-order valence-corrected chi connectivity index (χ0v) is 8.83. The Hall–Kier alpha value is -1.16. The first-order chi connectivity index (χ1) is 6.68. The van der Waals surface area contributed by atoms with Crippen LogP contribution in [0.5, 0.6) is 0 Å². The molecule has 0 bridgehead atoms. The second-order valence-electron chi connectivity index (χ2n) is 3.79. The van der Waals surface area contributed by atoms with Crippen LogP contribution in [-0.2, 0) is 6.54 Å². The number of hydrogen-bond donors (Lipinski definition) is 2. The van der Waals surface area contributed by atoms with Crippen molar-refractivity contribution >= 4 is 5.82 Å². The van der Waals surface area contributed by atoms with Gasteiger partial charge in [-0.1, -0.05) is 13.8 Å². The highest BCUT2D eigenvalue weighted by Gasteiger charge is 1.96. The Morgan fingerprint density at radius 2 is 2.14 bits per heavy atom. The van der Waals surface area contributed by atoms with E-state index in [1.165, 1.54) is 6.42 Å². The summed E-state index contributed by atoms with van der Waals surface area (Å²) in [5, 5.41) is 3.31. The van der Waals surface area contributed by atoms with Crippen LogP contribution in [0.4, 0.5) is 5.82 Å². The van der Waals surface area contributed by atoms with Crippen molar-refractivity contribution in [1.82, 2.24) is 15.3 Å².